The molecule has 0 bridgehead atoms. The van der Waals surface area contributed by atoms with Crippen molar-refractivity contribution in [3.05, 3.63) is 36.5 Å². The molecule has 0 amide bonds. The van der Waals surface area contributed by atoms with Crippen LogP contribution in [0.25, 0.3) is 0 Å². The Hall–Kier alpha value is -1.64. The van der Waals surface area contributed by atoms with Crippen molar-refractivity contribution in [3.8, 4) is 0 Å². The molecule has 0 aliphatic heterocycles. The van der Waals surface area contributed by atoms with Crippen LogP contribution in [0.5, 0.6) is 0 Å². The van der Waals surface area contributed by atoms with Gasteiger partial charge in [0.1, 0.15) is 0 Å². The summed E-state index contributed by atoms with van der Waals surface area (Å²) in [7, 11) is 0. The molecule has 3 heteroatoms. The molecule has 0 rings (SSSR count). The van der Waals surface area contributed by atoms with Crippen LogP contribution in [0.2, 0.25) is 0 Å². The second-order valence-electron chi connectivity index (χ2n) is 7.20. The van der Waals surface area contributed by atoms with E-state index in [1.54, 1.807) is 0 Å². The van der Waals surface area contributed by atoms with Crippen molar-refractivity contribution < 1.29 is 14.7 Å². The molecule has 0 radical (unpaired) electrons. The molecule has 1 N–H and O–H groups in total. The van der Waals surface area contributed by atoms with Crippen LogP contribution in [0.1, 0.15) is 103 Å². The Morgan fingerprint density at radius 2 is 1.04 bits per heavy atom. The van der Waals surface area contributed by atoms with Crippen LogP contribution in [0.4, 0.5) is 0 Å². The van der Waals surface area contributed by atoms with Gasteiger partial charge < -0.3 is 5.11 Å². The summed E-state index contributed by atoms with van der Waals surface area (Å²) in [5.41, 5.74) is 0. The lowest BCUT2D eigenvalue weighted by Gasteiger charge is -2.01. The number of hydrogen-bond acceptors (Lipinski definition) is 2. The van der Waals surface area contributed by atoms with Gasteiger partial charge in [-0.05, 0) is 50.7 Å². The third kappa shape index (κ3) is 22.3. The quantitative estimate of drug-likeness (QED) is 0.147. The summed E-state index contributed by atoms with van der Waals surface area (Å²) >= 11 is 0. The van der Waals surface area contributed by atoms with Crippen molar-refractivity contribution in [1.82, 2.24) is 0 Å². The number of carboxylic acid groups (broad SMARTS) is 1. The SMILES string of the molecule is CCCCCC/C=C\CCCCCCCCCC/C=C/C(=O)/C=C/C(=O)O. The van der Waals surface area contributed by atoms with Gasteiger partial charge in [0.2, 0.25) is 0 Å². The molecule has 0 heterocycles. The third-order valence-electron chi connectivity index (χ3n) is 4.55. The van der Waals surface area contributed by atoms with Gasteiger partial charge in [-0.15, -0.1) is 0 Å². The van der Waals surface area contributed by atoms with E-state index in [0.717, 1.165) is 25.0 Å². The highest BCUT2D eigenvalue weighted by molar-refractivity contribution is 6.02. The predicted octanol–water partition coefficient (Wildman–Crippen LogP) is 7.18. The van der Waals surface area contributed by atoms with Crippen molar-refractivity contribution in [2.45, 2.75) is 103 Å². The van der Waals surface area contributed by atoms with E-state index >= 15 is 0 Å². The summed E-state index contributed by atoms with van der Waals surface area (Å²) in [5.74, 6) is -1.35. The molecule has 3 nitrogen and oxygen atoms in total. The van der Waals surface area contributed by atoms with Crippen LogP contribution in [-0.2, 0) is 9.59 Å². The summed E-state index contributed by atoms with van der Waals surface area (Å²) in [6.07, 6.45) is 28.9. The van der Waals surface area contributed by atoms with Gasteiger partial charge in [-0.25, -0.2) is 4.79 Å². The van der Waals surface area contributed by atoms with E-state index in [-0.39, 0.29) is 5.78 Å². The molecule has 0 atom stereocenters. The smallest absolute Gasteiger partial charge is 0.328 e. The maximum absolute atomic E-state index is 11.3. The fourth-order valence-corrected chi connectivity index (χ4v) is 2.92. The van der Waals surface area contributed by atoms with Crippen molar-refractivity contribution >= 4 is 11.8 Å². The molecule has 0 aliphatic rings. The lowest BCUT2D eigenvalue weighted by atomic mass is 10.1. The van der Waals surface area contributed by atoms with Gasteiger partial charge in [0.05, 0.1) is 0 Å². The van der Waals surface area contributed by atoms with Crippen LogP contribution in [0.3, 0.4) is 0 Å². The van der Waals surface area contributed by atoms with E-state index in [0.29, 0.717) is 0 Å². The van der Waals surface area contributed by atoms with Gasteiger partial charge in [-0.1, -0.05) is 82.9 Å². The van der Waals surface area contributed by atoms with Crippen LogP contribution >= 0.6 is 0 Å². The molecule has 0 aromatic heterocycles. The molecule has 0 aromatic rings. The van der Waals surface area contributed by atoms with Gasteiger partial charge in [0.15, 0.2) is 5.78 Å². The molecular weight excluding hydrogens is 336 g/mol. The zero-order valence-corrected chi connectivity index (χ0v) is 17.3. The molecule has 0 saturated heterocycles. The van der Waals surface area contributed by atoms with Gasteiger partial charge >= 0.3 is 5.97 Å². The minimum Gasteiger partial charge on any atom is -0.478 e. The molecule has 27 heavy (non-hydrogen) atoms. The average molecular weight is 377 g/mol. The molecule has 0 aromatic carbocycles. The number of unbranched alkanes of at least 4 members (excludes halogenated alkanes) is 13. The molecule has 0 fully saturated rings. The molecule has 154 valence electrons. The lowest BCUT2D eigenvalue weighted by Crippen LogP contribution is -1.91. The summed E-state index contributed by atoms with van der Waals surface area (Å²) in [4.78, 5) is 21.6. The monoisotopic (exact) mass is 376 g/mol. The van der Waals surface area contributed by atoms with Gasteiger partial charge in [0, 0.05) is 6.08 Å². The molecule has 0 saturated carbocycles. The summed E-state index contributed by atoms with van der Waals surface area (Å²) < 4.78 is 0. The Labute approximate surface area is 166 Å². The number of carboxylic acids is 1. The first-order valence-corrected chi connectivity index (χ1v) is 10.9. The molecule has 0 aliphatic carbocycles. The normalized spacial score (nSPS) is 11.9. The Bertz CT molecular complexity index is 447. The van der Waals surface area contributed by atoms with E-state index in [9.17, 15) is 9.59 Å². The van der Waals surface area contributed by atoms with Crippen molar-refractivity contribution in [3.63, 3.8) is 0 Å². The number of hydrogen-bond donors (Lipinski definition) is 1. The maximum atomic E-state index is 11.3. The first kappa shape index (κ1) is 25.4. The highest BCUT2D eigenvalue weighted by Crippen LogP contribution is 2.11. The van der Waals surface area contributed by atoms with Crippen LogP contribution < -0.4 is 0 Å². The number of aliphatic carboxylic acids is 1. The van der Waals surface area contributed by atoms with E-state index in [4.69, 9.17) is 5.11 Å². The number of allylic oxidation sites excluding steroid dienone is 5. The zero-order chi connectivity index (χ0) is 20.0. The molecular formula is C24H40O3. The van der Waals surface area contributed by atoms with Gasteiger partial charge in [-0.2, -0.15) is 0 Å². The Morgan fingerprint density at radius 1 is 0.593 bits per heavy atom. The first-order chi connectivity index (χ1) is 13.2. The van der Waals surface area contributed by atoms with E-state index < -0.39 is 5.97 Å². The van der Waals surface area contributed by atoms with Crippen LogP contribution in [0.15, 0.2) is 36.5 Å². The van der Waals surface area contributed by atoms with Crippen molar-refractivity contribution in [2.75, 3.05) is 0 Å². The lowest BCUT2D eigenvalue weighted by molar-refractivity contribution is -0.131. The standard InChI is InChI=1S/C24H40O3/c1-2-3-4-5-6-7-8-9-10-11-12-13-14-15-16-17-18-19-20-23(25)21-22-24(26)27/h7-8,19-22H,2-6,9-18H2,1H3,(H,26,27)/b8-7-,20-19+,22-21+. The highest BCUT2D eigenvalue weighted by atomic mass is 16.4. The Morgan fingerprint density at radius 3 is 1.52 bits per heavy atom. The highest BCUT2D eigenvalue weighted by Gasteiger charge is 1.93. The Kier molecular flexibility index (Phi) is 19.4. The number of carbonyl (C=O) groups is 2. The first-order valence-electron chi connectivity index (χ1n) is 10.9. The Balaban J connectivity index is 3.28. The van der Waals surface area contributed by atoms with Crippen LogP contribution in [0, 0.1) is 0 Å². The van der Waals surface area contributed by atoms with E-state index in [2.05, 4.69) is 19.1 Å². The molecule has 0 spiro atoms. The number of carbonyl (C=O) groups excluding carboxylic acids is 1. The summed E-state index contributed by atoms with van der Waals surface area (Å²) in [6, 6.07) is 0. The molecule has 0 unspecified atom stereocenters. The maximum Gasteiger partial charge on any atom is 0.328 e. The van der Waals surface area contributed by atoms with E-state index in [1.807, 2.05) is 6.08 Å². The van der Waals surface area contributed by atoms with Gasteiger partial charge in [-0.3, -0.25) is 4.79 Å². The number of rotatable bonds is 19. The third-order valence-corrected chi connectivity index (χ3v) is 4.55. The average Bonchev–Trinajstić information content (AvgIpc) is 2.65. The fourth-order valence-electron chi connectivity index (χ4n) is 2.92. The topological polar surface area (TPSA) is 54.4 Å². The van der Waals surface area contributed by atoms with Gasteiger partial charge in [0.25, 0.3) is 0 Å². The summed E-state index contributed by atoms with van der Waals surface area (Å²) in [5, 5.41) is 8.42. The second-order valence-corrected chi connectivity index (χ2v) is 7.20. The van der Waals surface area contributed by atoms with E-state index in [1.165, 1.54) is 89.5 Å². The summed E-state index contributed by atoms with van der Waals surface area (Å²) in [6.45, 7) is 2.25. The fraction of sp³-hybridized carbons (Fsp3) is 0.667. The minimum atomic E-state index is -1.09. The minimum absolute atomic E-state index is 0.260. The predicted molar refractivity (Wildman–Crippen MR) is 115 cm³/mol. The van der Waals surface area contributed by atoms with Crippen molar-refractivity contribution in [1.29, 1.82) is 0 Å². The largest absolute Gasteiger partial charge is 0.478 e. The number of ketones is 1. The van der Waals surface area contributed by atoms with Crippen LogP contribution in [-0.4, -0.2) is 16.9 Å². The van der Waals surface area contributed by atoms with Crippen molar-refractivity contribution in [2.24, 2.45) is 0 Å². The zero-order valence-electron chi connectivity index (χ0n) is 17.3. The second kappa shape index (κ2) is 20.7.